The minimum atomic E-state index is -0.0175. The Bertz CT molecular complexity index is 951. The number of nitrogens with one attached hydrogen (secondary N) is 2. The van der Waals surface area contributed by atoms with Crippen molar-refractivity contribution < 1.29 is 9.53 Å². The molecule has 158 valence electrons. The van der Waals surface area contributed by atoms with E-state index in [9.17, 15) is 4.79 Å². The number of carbonyl (C=O) groups is 1. The van der Waals surface area contributed by atoms with Crippen molar-refractivity contribution in [1.29, 1.82) is 0 Å². The number of hydrogen-bond donors (Lipinski definition) is 3. The van der Waals surface area contributed by atoms with Gasteiger partial charge in [-0.3, -0.25) is 4.79 Å². The lowest BCUT2D eigenvalue weighted by atomic mass is 9.98. The number of carbonyl (C=O) groups excluding carboxylic acids is 1. The number of nitrogens with zero attached hydrogens (tertiary/aromatic N) is 4. The Hall–Kier alpha value is -3.07. The van der Waals surface area contributed by atoms with Crippen LogP contribution in [0.15, 0.2) is 24.5 Å². The summed E-state index contributed by atoms with van der Waals surface area (Å²) in [6, 6.07) is 6.40. The Kier molecular flexibility index (Phi) is 5.04. The van der Waals surface area contributed by atoms with Crippen molar-refractivity contribution in [1.82, 2.24) is 14.9 Å². The number of hydrogen-bond acceptors (Lipinski definition) is 8. The largest absolute Gasteiger partial charge is 0.491 e. The molecule has 4 N–H and O–H groups in total. The van der Waals surface area contributed by atoms with Crippen molar-refractivity contribution in [3.8, 4) is 5.75 Å². The van der Waals surface area contributed by atoms with Gasteiger partial charge in [0.05, 0.1) is 19.3 Å². The summed E-state index contributed by atoms with van der Waals surface area (Å²) in [6.45, 7) is 3.51. The first-order chi connectivity index (χ1) is 14.7. The molecular weight excluding hydrogens is 382 g/mol. The van der Waals surface area contributed by atoms with Gasteiger partial charge in [0.15, 0.2) is 11.6 Å². The summed E-state index contributed by atoms with van der Waals surface area (Å²) in [7, 11) is 0. The van der Waals surface area contributed by atoms with Crippen molar-refractivity contribution in [2.75, 3.05) is 48.4 Å². The molecule has 9 heteroatoms. The number of ether oxygens (including phenoxy) is 1. The molecule has 4 heterocycles. The molecule has 3 aliphatic heterocycles. The molecule has 3 aliphatic rings. The van der Waals surface area contributed by atoms with E-state index in [0.717, 1.165) is 54.4 Å². The summed E-state index contributed by atoms with van der Waals surface area (Å²) in [5.74, 6) is 2.64. The summed E-state index contributed by atoms with van der Waals surface area (Å²) in [4.78, 5) is 25.1. The lowest BCUT2D eigenvalue weighted by Crippen LogP contribution is -2.40. The van der Waals surface area contributed by atoms with E-state index in [2.05, 4.69) is 31.6 Å². The highest BCUT2D eigenvalue weighted by Gasteiger charge is 2.31. The lowest BCUT2D eigenvalue weighted by molar-refractivity contribution is -0.130. The van der Waals surface area contributed by atoms with Gasteiger partial charge in [-0.1, -0.05) is 12.1 Å². The first-order valence-electron chi connectivity index (χ1n) is 10.6. The summed E-state index contributed by atoms with van der Waals surface area (Å²) < 4.78 is 6.33. The van der Waals surface area contributed by atoms with Crippen LogP contribution >= 0.6 is 0 Å². The first-order valence-corrected chi connectivity index (χ1v) is 10.6. The number of nitrogens with two attached hydrogens (primary N) is 1. The van der Waals surface area contributed by atoms with Gasteiger partial charge in [0.2, 0.25) is 5.91 Å². The molecule has 1 amide bonds. The number of benzene rings is 1. The number of amides is 1. The average Bonchev–Trinajstić information content (AvgIpc) is 3.46. The van der Waals surface area contributed by atoms with Crippen molar-refractivity contribution in [3.05, 3.63) is 35.7 Å². The van der Waals surface area contributed by atoms with E-state index in [-0.39, 0.29) is 18.5 Å². The van der Waals surface area contributed by atoms with Crippen LogP contribution in [0.5, 0.6) is 5.75 Å². The third-order valence-electron chi connectivity index (χ3n) is 6.19. The summed E-state index contributed by atoms with van der Waals surface area (Å²) in [5.41, 5.74) is 8.88. The van der Waals surface area contributed by atoms with Crippen LogP contribution in [0.3, 0.4) is 0 Å². The molecule has 30 heavy (non-hydrogen) atoms. The zero-order chi connectivity index (χ0) is 20.5. The second-order valence-electron chi connectivity index (χ2n) is 7.91. The molecule has 0 bridgehead atoms. The van der Waals surface area contributed by atoms with Crippen molar-refractivity contribution in [3.63, 3.8) is 0 Å². The van der Waals surface area contributed by atoms with Crippen LogP contribution in [-0.4, -0.2) is 59.7 Å². The molecule has 0 spiro atoms. The molecule has 1 atom stereocenters. The molecule has 9 nitrogen and oxygen atoms in total. The fourth-order valence-corrected chi connectivity index (χ4v) is 4.61. The van der Waals surface area contributed by atoms with E-state index in [1.54, 1.807) is 6.33 Å². The van der Waals surface area contributed by atoms with Crippen LogP contribution in [0.25, 0.3) is 0 Å². The molecule has 2 aromatic rings. The quantitative estimate of drug-likeness (QED) is 0.675. The summed E-state index contributed by atoms with van der Waals surface area (Å²) in [5, 5.41) is 6.56. The number of fused-ring (bicyclic) bond motifs is 2. The summed E-state index contributed by atoms with van der Waals surface area (Å²) >= 11 is 0. The number of anilines is 3. The number of rotatable bonds is 5. The monoisotopic (exact) mass is 409 g/mol. The maximum Gasteiger partial charge on any atom is 0.236 e. The third kappa shape index (κ3) is 3.39. The van der Waals surface area contributed by atoms with Crippen LogP contribution in [0.4, 0.5) is 17.3 Å². The van der Waals surface area contributed by atoms with Crippen molar-refractivity contribution in [2.45, 2.75) is 31.8 Å². The molecule has 0 aliphatic carbocycles. The van der Waals surface area contributed by atoms with Crippen LogP contribution in [0, 0.1) is 0 Å². The Morgan fingerprint density at radius 1 is 1.27 bits per heavy atom. The maximum absolute atomic E-state index is 12.1. The Morgan fingerprint density at radius 3 is 3.10 bits per heavy atom. The van der Waals surface area contributed by atoms with Crippen molar-refractivity contribution >= 4 is 23.2 Å². The number of aromatic nitrogens is 2. The van der Waals surface area contributed by atoms with E-state index in [0.29, 0.717) is 26.4 Å². The van der Waals surface area contributed by atoms with E-state index in [1.165, 1.54) is 5.56 Å². The predicted octanol–water partition coefficient (Wildman–Crippen LogP) is 1.16. The van der Waals surface area contributed by atoms with Crippen LogP contribution in [-0.2, 0) is 17.8 Å². The van der Waals surface area contributed by atoms with Gasteiger partial charge in [-0.05, 0) is 30.9 Å². The molecule has 1 aromatic carbocycles. The van der Waals surface area contributed by atoms with Gasteiger partial charge in [0.25, 0.3) is 0 Å². The minimum Gasteiger partial charge on any atom is -0.491 e. The molecule has 1 fully saturated rings. The van der Waals surface area contributed by atoms with E-state index in [1.807, 2.05) is 17.0 Å². The smallest absolute Gasteiger partial charge is 0.236 e. The molecule has 0 unspecified atom stereocenters. The normalized spacial score (nSPS) is 19.7. The lowest BCUT2D eigenvalue weighted by Gasteiger charge is -2.31. The van der Waals surface area contributed by atoms with E-state index < -0.39 is 0 Å². The van der Waals surface area contributed by atoms with E-state index >= 15 is 0 Å². The Labute approximate surface area is 175 Å². The van der Waals surface area contributed by atoms with Gasteiger partial charge in [-0.25, -0.2) is 9.97 Å². The minimum absolute atomic E-state index is 0.0175. The van der Waals surface area contributed by atoms with Crippen molar-refractivity contribution in [2.24, 2.45) is 5.73 Å². The van der Waals surface area contributed by atoms with Gasteiger partial charge in [0.1, 0.15) is 24.4 Å². The van der Waals surface area contributed by atoms with Gasteiger partial charge < -0.3 is 30.9 Å². The van der Waals surface area contributed by atoms with Gasteiger partial charge in [0, 0.05) is 25.2 Å². The maximum atomic E-state index is 12.1. The third-order valence-corrected chi connectivity index (χ3v) is 6.19. The SMILES string of the molecule is NCC(=O)N1CCc2cccc(OC[C@H]3CCCN3c3ncnc4c3NCN4)c2C1. The fourth-order valence-electron chi connectivity index (χ4n) is 4.61. The van der Waals surface area contributed by atoms with Crippen LogP contribution in [0.1, 0.15) is 24.0 Å². The van der Waals surface area contributed by atoms with Gasteiger partial charge >= 0.3 is 0 Å². The summed E-state index contributed by atoms with van der Waals surface area (Å²) in [6.07, 6.45) is 4.60. The second-order valence-corrected chi connectivity index (χ2v) is 7.91. The second kappa shape index (κ2) is 7.98. The van der Waals surface area contributed by atoms with Gasteiger partial charge in [-0.15, -0.1) is 0 Å². The fraction of sp³-hybridized carbons (Fsp3) is 0.476. The Balaban J connectivity index is 1.32. The highest BCUT2D eigenvalue weighted by molar-refractivity contribution is 5.81. The zero-order valence-corrected chi connectivity index (χ0v) is 16.9. The standard InChI is InChI=1S/C21H27N7O2/c22-9-18(29)27-8-6-14-3-1-5-17(16(14)10-27)30-11-15-4-2-7-28(15)21-19-20(24-12-23-19)25-13-26-21/h1,3,5,13,15,23H,2,4,6-12,22H2,(H,24,25,26)/t15-/m1/s1. The zero-order valence-electron chi connectivity index (χ0n) is 16.9. The highest BCUT2D eigenvalue weighted by atomic mass is 16.5. The van der Waals surface area contributed by atoms with Crippen LogP contribution < -0.4 is 26.0 Å². The van der Waals surface area contributed by atoms with Crippen LogP contribution in [0.2, 0.25) is 0 Å². The molecule has 1 aromatic heterocycles. The first kappa shape index (κ1) is 18.9. The average molecular weight is 409 g/mol. The predicted molar refractivity (Wildman–Crippen MR) is 115 cm³/mol. The highest BCUT2D eigenvalue weighted by Crippen LogP contribution is 2.36. The molecule has 0 saturated carbocycles. The topological polar surface area (TPSA) is 109 Å². The Morgan fingerprint density at radius 2 is 2.20 bits per heavy atom. The molecule has 1 saturated heterocycles. The van der Waals surface area contributed by atoms with Gasteiger partial charge in [-0.2, -0.15) is 0 Å². The molecular formula is C21H27N7O2. The molecule has 5 rings (SSSR count). The van der Waals surface area contributed by atoms with E-state index in [4.69, 9.17) is 10.5 Å². The molecule has 0 radical (unpaired) electrons.